The summed E-state index contributed by atoms with van der Waals surface area (Å²) < 4.78 is 6.78. The number of rotatable bonds is 0. The molecule has 0 aromatic carbocycles. The molecule has 0 radical (unpaired) electrons. The van der Waals surface area contributed by atoms with Crippen molar-refractivity contribution >= 4 is 24.0 Å². The molecule has 0 saturated heterocycles. The number of thiol groups is 1. The molecule has 0 bridgehead atoms. The van der Waals surface area contributed by atoms with Crippen molar-refractivity contribution in [3.63, 3.8) is 0 Å². The molecule has 40 valence electrons. The molecule has 0 amide bonds. The smallest absolute Gasteiger partial charge is 0.0960 e. The van der Waals surface area contributed by atoms with Crippen LogP contribution >= 0.6 is 24.0 Å². The van der Waals surface area contributed by atoms with Gasteiger partial charge in [0.25, 0.3) is 0 Å². The predicted octanol–water partition coefficient (Wildman–Crippen LogP) is 1.69. The first kappa shape index (κ1) is 5.12. The van der Waals surface area contributed by atoms with Gasteiger partial charge >= 0.3 is 0 Å². The first-order valence-corrected chi connectivity index (χ1v) is 3.48. The fraction of sp³-hybridized carbons (Fsp3) is 0.250. The first-order chi connectivity index (χ1) is 3.89. The van der Waals surface area contributed by atoms with Crippen LogP contribution in [0, 0.1) is 0 Å². The molecule has 1 rings (SSSR count). The third-order valence-electron chi connectivity index (χ3n) is 0.309. The molecular weight excluding hydrogens is 126 g/mol. The van der Waals surface area contributed by atoms with E-state index in [0.29, 0.717) is 5.49 Å². The van der Waals surface area contributed by atoms with E-state index < -0.39 is 0 Å². The fourth-order valence-corrected chi connectivity index (χ4v) is 0.456. The molecule has 0 saturated carbocycles. The maximum absolute atomic E-state index is 6.78. The van der Waals surface area contributed by atoms with Crippen LogP contribution in [0.3, 0.4) is 0 Å². The highest BCUT2D eigenvalue weighted by Gasteiger charge is 1.59. The molecule has 1 heterocycles. The summed E-state index contributed by atoms with van der Waals surface area (Å²) in [5, 5.41) is 1.78. The molecule has 0 N–H and O–H groups in total. The van der Waals surface area contributed by atoms with Gasteiger partial charge in [-0.25, -0.2) is 0 Å². The van der Waals surface area contributed by atoms with E-state index in [4.69, 9.17) is 1.37 Å². The third kappa shape index (κ3) is 3.82. The Morgan fingerprint density at radius 3 is 2.71 bits per heavy atom. The maximum Gasteiger partial charge on any atom is 0.0960 e. The largest absolute Gasteiger partial charge is 0.253 e. The van der Waals surface area contributed by atoms with Gasteiger partial charge < -0.3 is 0 Å². The van der Waals surface area contributed by atoms with Gasteiger partial charge in [0.15, 0.2) is 0 Å². The van der Waals surface area contributed by atoms with Crippen LogP contribution in [-0.4, -0.2) is 11.2 Å². The normalized spacial score (nSPS) is 8.57. The van der Waals surface area contributed by atoms with Crippen molar-refractivity contribution in [2.45, 2.75) is 0 Å². The quantitative estimate of drug-likeness (QED) is 0.534. The van der Waals surface area contributed by atoms with E-state index in [2.05, 4.69) is 17.6 Å². The van der Waals surface area contributed by atoms with E-state index >= 15 is 0 Å². The summed E-state index contributed by atoms with van der Waals surface area (Å²) in [5.41, 5.74) is 0.384. The Bertz CT molecular complexity index is 118. The molecule has 0 fully saturated rings. The van der Waals surface area contributed by atoms with E-state index in [1.165, 1.54) is 11.3 Å². The zero-order valence-corrected chi connectivity index (χ0v) is 5.67. The van der Waals surface area contributed by atoms with E-state index in [1.54, 1.807) is 17.8 Å². The summed E-state index contributed by atoms with van der Waals surface area (Å²) >= 11 is 4.86. The fourth-order valence-electron chi connectivity index (χ4n) is 0.152. The topological polar surface area (TPSA) is 12.9 Å². The zero-order valence-electron chi connectivity index (χ0n) is 4.96. The molecule has 0 aliphatic carbocycles. The number of hydrogen-bond donors (Lipinski definition) is 1. The van der Waals surface area contributed by atoms with Gasteiger partial charge in [-0.05, 0) is 6.26 Å². The van der Waals surface area contributed by atoms with E-state index in [0.717, 1.165) is 0 Å². The second-order valence-corrected chi connectivity index (χ2v) is 1.31. The molecular formula is C4H7NS2. The Morgan fingerprint density at radius 2 is 2.57 bits per heavy atom. The number of hydrogen-bond acceptors (Lipinski definition) is 3. The average molecular weight is 135 g/mol. The Hall–Kier alpha value is -0.0200. The van der Waals surface area contributed by atoms with Crippen molar-refractivity contribution in [1.82, 2.24) is 4.98 Å². The second kappa shape index (κ2) is 5.98. The van der Waals surface area contributed by atoms with Crippen molar-refractivity contribution in [3.05, 3.63) is 17.1 Å². The molecule has 1 aromatic heterocycles. The summed E-state index contributed by atoms with van der Waals surface area (Å²) in [6, 6.07) is 0. The van der Waals surface area contributed by atoms with Gasteiger partial charge in [0.1, 0.15) is 0 Å². The van der Waals surface area contributed by atoms with Crippen LogP contribution in [0.5, 0.6) is 0 Å². The molecule has 1 nitrogen and oxygen atoms in total. The molecule has 0 atom stereocenters. The van der Waals surface area contributed by atoms with Gasteiger partial charge in [0.05, 0.1) is 6.86 Å². The second-order valence-electron chi connectivity index (χ2n) is 0.623. The highest BCUT2D eigenvalue weighted by Crippen LogP contribution is 1.85. The lowest BCUT2D eigenvalue weighted by molar-refractivity contribution is 1.43. The zero-order chi connectivity index (χ0) is 6.41. The highest BCUT2D eigenvalue weighted by molar-refractivity contribution is 7.79. The van der Waals surface area contributed by atoms with Crippen LogP contribution in [0.15, 0.2) is 17.1 Å². The average Bonchev–Trinajstić information content (AvgIpc) is 2.24. The van der Waals surface area contributed by atoms with Gasteiger partial charge in [0.2, 0.25) is 0 Å². The lowest BCUT2D eigenvalue weighted by Crippen LogP contribution is -1.38. The minimum Gasteiger partial charge on any atom is -0.253 e. The summed E-state index contributed by atoms with van der Waals surface area (Å²) in [4.78, 5) is 3.60. The molecule has 0 aliphatic rings. The van der Waals surface area contributed by atoms with Gasteiger partial charge in [-0.15, -0.1) is 11.3 Å². The number of aromatic nitrogens is 1. The molecule has 7 heavy (non-hydrogen) atoms. The molecule has 0 spiro atoms. The van der Waals surface area contributed by atoms with Crippen LogP contribution in [0.4, 0.5) is 0 Å². The summed E-state index contributed by atoms with van der Waals surface area (Å²) in [7, 11) is 0. The van der Waals surface area contributed by atoms with Gasteiger partial charge in [0, 0.05) is 11.6 Å². The van der Waals surface area contributed by atoms with Crippen molar-refractivity contribution in [2.75, 3.05) is 6.26 Å². The molecule has 3 heteroatoms. The molecule has 0 unspecified atom stereocenters. The monoisotopic (exact) mass is 135 g/mol. The molecule has 1 aromatic rings. The van der Waals surface area contributed by atoms with Crippen LogP contribution in [-0.2, 0) is 0 Å². The Morgan fingerprint density at radius 1 is 1.86 bits per heavy atom. The van der Waals surface area contributed by atoms with E-state index in [1.807, 2.05) is 0 Å². The standard InChI is InChI=1S/C3H3NS.CH4S/c1-2-5-3-4-1;1-2/h1-3H;2H,1H3/i3T;. The predicted molar refractivity (Wildman–Crippen MR) is 37.0 cm³/mol. The number of thiazole rings is 1. The van der Waals surface area contributed by atoms with Crippen molar-refractivity contribution < 1.29 is 1.37 Å². The van der Waals surface area contributed by atoms with Gasteiger partial charge in [-0.3, -0.25) is 4.98 Å². The van der Waals surface area contributed by atoms with Gasteiger partial charge in [-0.2, -0.15) is 12.6 Å². The van der Waals surface area contributed by atoms with Crippen molar-refractivity contribution in [2.24, 2.45) is 0 Å². The van der Waals surface area contributed by atoms with Gasteiger partial charge in [-0.1, -0.05) is 0 Å². The maximum atomic E-state index is 6.78. The molecule has 0 aliphatic heterocycles. The Balaban J connectivity index is 0.000000222. The highest BCUT2D eigenvalue weighted by atomic mass is 32.1. The van der Waals surface area contributed by atoms with Crippen LogP contribution < -0.4 is 0 Å². The van der Waals surface area contributed by atoms with Crippen molar-refractivity contribution in [3.8, 4) is 0 Å². The Kier molecular flexibility index (Phi) is 4.38. The van der Waals surface area contributed by atoms with Crippen LogP contribution in [0.1, 0.15) is 1.37 Å². The summed E-state index contributed by atoms with van der Waals surface area (Å²) in [5.74, 6) is 0. The lowest BCUT2D eigenvalue weighted by atomic mass is 11.0. The van der Waals surface area contributed by atoms with Crippen molar-refractivity contribution in [1.29, 1.82) is 0 Å². The Labute approximate surface area is 54.2 Å². The lowest BCUT2D eigenvalue weighted by Gasteiger charge is -1.41. The van der Waals surface area contributed by atoms with Crippen LogP contribution in [0.25, 0.3) is 0 Å². The first-order valence-electron chi connectivity index (χ1n) is 2.20. The SMILES string of the molecule is CS.[3H]c1nccs1. The summed E-state index contributed by atoms with van der Waals surface area (Å²) in [6.45, 7) is 0. The third-order valence-corrected chi connectivity index (χ3v) is 0.777. The minimum absolute atomic E-state index is 0.384. The number of nitrogens with zero attached hydrogens (tertiary/aromatic N) is 1. The van der Waals surface area contributed by atoms with Crippen LogP contribution in [0.2, 0.25) is 0 Å². The van der Waals surface area contributed by atoms with E-state index in [-0.39, 0.29) is 0 Å². The minimum atomic E-state index is 0.384. The summed E-state index contributed by atoms with van der Waals surface area (Å²) in [6.07, 6.45) is 3.31. The van der Waals surface area contributed by atoms with E-state index in [9.17, 15) is 0 Å².